The Bertz CT molecular complexity index is 635. The Morgan fingerprint density at radius 3 is 2.44 bits per heavy atom. The van der Waals surface area contributed by atoms with Crippen LogP contribution in [0.2, 0.25) is 15.1 Å². The molecule has 0 heterocycles. The molecule has 0 N–H and O–H groups in total. The van der Waals surface area contributed by atoms with Crippen LogP contribution < -0.4 is 0 Å². The first-order chi connectivity index (χ1) is 8.61. The molecular formula is C13H6Cl3NS. The van der Waals surface area contributed by atoms with Crippen LogP contribution >= 0.6 is 46.6 Å². The quantitative estimate of drug-likeness (QED) is 0.713. The fourth-order valence-electron chi connectivity index (χ4n) is 1.37. The molecule has 0 atom stereocenters. The number of halogens is 3. The van der Waals surface area contributed by atoms with Gasteiger partial charge < -0.3 is 0 Å². The summed E-state index contributed by atoms with van der Waals surface area (Å²) in [6.45, 7) is 0. The van der Waals surface area contributed by atoms with E-state index in [2.05, 4.69) is 6.07 Å². The van der Waals surface area contributed by atoms with E-state index in [0.717, 1.165) is 9.79 Å². The van der Waals surface area contributed by atoms with Gasteiger partial charge >= 0.3 is 0 Å². The predicted molar refractivity (Wildman–Crippen MR) is 76.8 cm³/mol. The Morgan fingerprint density at radius 1 is 0.944 bits per heavy atom. The second-order valence-corrected chi connectivity index (χ2v) is 5.74. The van der Waals surface area contributed by atoms with Crippen molar-refractivity contribution >= 4 is 46.6 Å². The molecule has 0 aliphatic carbocycles. The number of hydrogen-bond acceptors (Lipinski definition) is 2. The van der Waals surface area contributed by atoms with E-state index in [1.165, 1.54) is 11.8 Å². The molecule has 0 saturated carbocycles. The van der Waals surface area contributed by atoms with E-state index >= 15 is 0 Å². The third kappa shape index (κ3) is 2.93. The van der Waals surface area contributed by atoms with Crippen LogP contribution in [0.25, 0.3) is 0 Å². The third-order valence-corrected chi connectivity index (χ3v) is 4.31. The van der Waals surface area contributed by atoms with Crippen LogP contribution in [0.15, 0.2) is 46.2 Å². The van der Waals surface area contributed by atoms with Crippen LogP contribution in [-0.2, 0) is 0 Å². The highest BCUT2D eigenvalue weighted by molar-refractivity contribution is 7.99. The minimum Gasteiger partial charge on any atom is -0.192 e. The van der Waals surface area contributed by atoms with Gasteiger partial charge in [0.1, 0.15) is 6.07 Å². The summed E-state index contributed by atoms with van der Waals surface area (Å²) >= 11 is 19.4. The van der Waals surface area contributed by atoms with E-state index in [1.54, 1.807) is 30.3 Å². The topological polar surface area (TPSA) is 23.8 Å². The van der Waals surface area contributed by atoms with Crippen LogP contribution in [-0.4, -0.2) is 0 Å². The fourth-order valence-corrected chi connectivity index (χ4v) is 3.11. The first-order valence-electron chi connectivity index (χ1n) is 4.93. The van der Waals surface area contributed by atoms with Gasteiger partial charge in [-0.15, -0.1) is 0 Å². The number of hydrogen-bond donors (Lipinski definition) is 0. The molecule has 2 aromatic rings. The summed E-state index contributed by atoms with van der Waals surface area (Å²) in [5.41, 5.74) is 0.445. The molecule has 0 unspecified atom stereocenters. The second-order valence-electron chi connectivity index (χ2n) is 3.40. The van der Waals surface area contributed by atoms with E-state index in [1.807, 2.05) is 6.07 Å². The monoisotopic (exact) mass is 313 g/mol. The average molecular weight is 315 g/mol. The predicted octanol–water partition coefficient (Wildman–Crippen LogP) is 5.67. The summed E-state index contributed by atoms with van der Waals surface area (Å²) in [4.78, 5) is 1.55. The molecule has 18 heavy (non-hydrogen) atoms. The number of rotatable bonds is 2. The molecule has 0 radical (unpaired) electrons. The summed E-state index contributed by atoms with van der Waals surface area (Å²) < 4.78 is 0. The molecule has 2 aromatic carbocycles. The first kappa shape index (κ1) is 13.6. The minimum atomic E-state index is 0.431. The Labute approximate surface area is 124 Å². The molecule has 0 aromatic heterocycles. The van der Waals surface area contributed by atoms with Gasteiger partial charge in [0.25, 0.3) is 0 Å². The third-order valence-electron chi connectivity index (χ3n) is 2.20. The molecule has 2 rings (SSSR count). The second kappa shape index (κ2) is 5.86. The Balaban J connectivity index is 2.44. The Morgan fingerprint density at radius 2 is 1.72 bits per heavy atom. The van der Waals surface area contributed by atoms with Crippen molar-refractivity contribution in [2.24, 2.45) is 0 Å². The van der Waals surface area contributed by atoms with Gasteiger partial charge in [-0.25, -0.2) is 0 Å². The van der Waals surface area contributed by atoms with Crippen LogP contribution in [0.3, 0.4) is 0 Å². The SMILES string of the molecule is N#Cc1c(Cl)cccc1Sc1cc(Cl)ccc1Cl. The van der Waals surface area contributed by atoms with Gasteiger partial charge in [0, 0.05) is 14.8 Å². The lowest BCUT2D eigenvalue weighted by molar-refractivity contribution is 1.35. The summed E-state index contributed by atoms with van der Waals surface area (Å²) in [7, 11) is 0. The zero-order valence-corrected chi connectivity index (χ0v) is 12.0. The maximum atomic E-state index is 9.09. The van der Waals surface area contributed by atoms with E-state index < -0.39 is 0 Å². The number of nitrogens with zero attached hydrogens (tertiary/aromatic N) is 1. The fraction of sp³-hybridized carbons (Fsp3) is 0. The van der Waals surface area contributed by atoms with E-state index in [0.29, 0.717) is 20.6 Å². The zero-order valence-electron chi connectivity index (χ0n) is 8.95. The maximum absolute atomic E-state index is 9.09. The van der Waals surface area contributed by atoms with Gasteiger partial charge in [0.2, 0.25) is 0 Å². The highest BCUT2D eigenvalue weighted by Gasteiger charge is 2.10. The van der Waals surface area contributed by atoms with E-state index in [9.17, 15) is 0 Å². The highest BCUT2D eigenvalue weighted by atomic mass is 35.5. The van der Waals surface area contributed by atoms with Crippen molar-refractivity contribution < 1.29 is 0 Å². The molecule has 0 bridgehead atoms. The Hall–Kier alpha value is -0.850. The number of nitriles is 1. The Kier molecular flexibility index (Phi) is 4.42. The summed E-state index contributed by atoms with van der Waals surface area (Å²) in [5, 5.41) is 10.7. The molecule has 5 heteroatoms. The molecule has 1 nitrogen and oxygen atoms in total. The lowest BCUT2D eigenvalue weighted by Gasteiger charge is -2.07. The van der Waals surface area contributed by atoms with Crippen LogP contribution in [0.1, 0.15) is 5.56 Å². The van der Waals surface area contributed by atoms with Gasteiger partial charge in [-0.2, -0.15) is 5.26 Å². The van der Waals surface area contributed by atoms with Gasteiger partial charge in [0.05, 0.1) is 15.6 Å². The van der Waals surface area contributed by atoms with Gasteiger partial charge in [0.15, 0.2) is 0 Å². The normalized spacial score (nSPS) is 10.1. The molecule has 0 spiro atoms. The van der Waals surface area contributed by atoms with E-state index in [-0.39, 0.29) is 0 Å². The van der Waals surface area contributed by atoms with Crippen LogP contribution in [0.4, 0.5) is 0 Å². The van der Waals surface area contributed by atoms with Gasteiger partial charge in [-0.1, -0.05) is 52.6 Å². The smallest absolute Gasteiger partial charge is 0.102 e. The van der Waals surface area contributed by atoms with E-state index in [4.69, 9.17) is 40.1 Å². The highest BCUT2D eigenvalue weighted by Crippen LogP contribution is 2.38. The molecule has 0 amide bonds. The molecule has 0 saturated heterocycles. The lowest BCUT2D eigenvalue weighted by atomic mass is 10.2. The van der Waals surface area contributed by atoms with Crippen molar-refractivity contribution in [3.63, 3.8) is 0 Å². The molecule has 0 aliphatic heterocycles. The largest absolute Gasteiger partial charge is 0.192 e. The molecule has 90 valence electrons. The zero-order chi connectivity index (χ0) is 13.1. The van der Waals surface area contributed by atoms with Crippen molar-refractivity contribution in [3.05, 3.63) is 57.0 Å². The number of benzene rings is 2. The average Bonchev–Trinajstić information content (AvgIpc) is 2.34. The lowest BCUT2D eigenvalue weighted by Crippen LogP contribution is -1.83. The van der Waals surface area contributed by atoms with Crippen molar-refractivity contribution in [3.8, 4) is 6.07 Å². The summed E-state index contributed by atoms with van der Waals surface area (Å²) in [6, 6.07) is 12.6. The molecule has 0 fully saturated rings. The maximum Gasteiger partial charge on any atom is 0.102 e. The van der Waals surface area contributed by atoms with Gasteiger partial charge in [-0.05, 0) is 30.3 Å². The van der Waals surface area contributed by atoms with Crippen molar-refractivity contribution in [1.29, 1.82) is 5.26 Å². The van der Waals surface area contributed by atoms with Crippen LogP contribution in [0.5, 0.6) is 0 Å². The van der Waals surface area contributed by atoms with Crippen LogP contribution in [0, 0.1) is 11.3 Å². The van der Waals surface area contributed by atoms with Gasteiger partial charge in [-0.3, -0.25) is 0 Å². The van der Waals surface area contributed by atoms with Crippen molar-refractivity contribution in [2.45, 2.75) is 9.79 Å². The van der Waals surface area contributed by atoms with Crippen molar-refractivity contribution in [1.82, 2.24) is 0 Å². The summed E-state index contributed by atoms with van der Waals surface area (Å²) in [5.74, 6) is 0. The van der Waals surface area contributed by atoms with Crippen molar-refractivity contribution in [2.75, 3.05) is 0 Å². The molecule has 0 aliphatic rings. The minimum absolute atomic E-state index is 0.431. The molecular weight excluding hydrogens is 309 g/mol. The standard InChI is InChI=1S/C13H6Cl3NS/c14-8-4-5-11(16)13(6-8)18-12-3-1-2-10(15)9(12)7-17/h1-6H. The first-order valence-corrected chi connectivity index (χ1v) is 6.88. The summed E-state index contributed by atoms with van der Waals surface area (Å²) in [6.07, 6.45) is 0.